The zero-order valence-electron chi connectivity index (χ0n) is 8.57. The number of aromatic nitrogens is 1. The Morgan fingerprint density at radius 1 is 1.50 bits per heavy atom. The van der Waals surface area contributed by atoms with Gasteiger partial charge in [-0.15, -0.1) is 0 Å². The van der Waals surface area contributed by atoms with E-state index in [1.165, 1.54) is 0 Å². The van der Waals surface area contributed by atoms with E-state index >= 15 is 0 Å². The molecule has 0 spiro atoms. The quantitative estimate of drug-likeness (QED) is 0.898. The average Bonchev–Trinajstić information content (AvgIpc) is 2.17. The molecule has 3 heteroatoms. The second-order valence-corrected chi connectivity index (χ2v) is 4.56. The third-order valence-electron chi connectivity index (χ3n) is 2.35. The highest BCUT2D eigenvalue weighted by Crippen LogP contribution is 2.26. The first-order chi connectivity index (χ1) is 6.65. The van der Waals surface area contributed by atoms with Crippen LogP contribution in [0.3, 0.4) is 0 Å². The molecule has 14 heavy (non-hydrogen) atoms. The third kappa shape index (κ3) is 3.07. The van der Waals surface area contributed by atoms with Crippen LogP contribution in [0.25, 0.3) is 0 Å². The van der Waals surface area contributed by atoms with Gasteiger partial charge in [0.25, 0.3) is 0 Å². The van der Waals surface area contributed by atoms with Gasteiger partial charge in [0.2, 0.25) is 0 Å². The molecule has 0 aliphatic heterocycles. The van der Waals surface area contributed by atoms with Crippen molar-refractivity contribution in [2.75, 3.05) is 0 Å². The van der Waals surface area contributed by atoms with Crippen LogP contribution in [0.2, 0.25) is 0 Å². The topological polar surface area (TPSA) is 33.1 Å². The molecule has 1 N–H and O–H groups in total. The maximum absolute atomic E-state index is 9.98. The first-order valence-corrected chi connectivity index (χ1v) is 5.73. The zero-order chi connectivity index (χ0) is 10.6. The van der Waals surface area contributed by atoms with Gasteiger partial charge in [-0.1, -0.05) is 20.3 Å². The van der Waals surface area contributed by atoms with Gasteiger partial charge in [-0.05, 0) is 34.3 Å². The molecule has 0 aliphatic carbocycles. The summed E-state index contributed by atoms with van der Waals surface area (Å²) < 4.78 is 0.915. The van der Waals surface area contributed by atoms with Crippen LogP contribution in [0.15, 0.2) is 22.9 Å². The van der Waals surface area contributed by atoms with Gasteiger partial charge in [0, 0.05) is 22.4 Å². The van der Waals surface area contributed by atoms with Crippen molar-refractivity contribution in [3.05, 3.63) is 28.5 Å². The minimum absolute atomic E-state index is 0.288. The Labute approximate surface area is 93.5 Å². The smallest absolute Gasteiger partial charge is 0.0830 e. The zero-order valence-corrected chi connectivity index (χ0v) is 10.2. The van der Waals surface area contributed by atoms with Crippen molar-refractivity contribution in [1.29, 1.82) is 0 Å². The molecule has 0 aliphatic rings. The van der Waals surface area contributed by atoms with Crippen LogP contribution >= 0.6 is 15.9 Å². The van der Waals surface area contributed by atoms with Crippen molar-refractivity contribution in [3.63, 3.8) is 0 Å². The van der Waals surface area contributed by atoms with Gasteiger partial charge in [0.05, 0.1) is 6.10 Å². The Balaban J connectivity index is 2.73. The lowest BCUT2D eigenvalue weighted by Gasteiger charge is -2.18. The Kier molecular flexibility index (Phi) is 4.55. The molecule has 1 rings (SSSR count). The fourth-order valence-electron chi connectivity index (χ4n) is 1.53. The van der Waals surface area contributed by atoms with Crippen molar-refractivity contribution in [2.45, 2.75) is 32.8 Å². The van der Waals surface area contributed by atoms with Gasteiger partial charge >= 0.3 is 0 Å². The Morgan fingerprint density at radius 3 is 2.79 bits per heavy atom. The van der Waals surface area contributed by atoms with Crippen molar-refractivity contribution in [1.82, 2.24) is 4.98 Å². The van der Waals surface area contributed by atoms with E-state index in [0.29, 0.717) is 0 Å². The molecule has 0 aromatic carbocycles. The van der Waals surface area contributed by atoms with Gasteiger partial charge in [0.1, 0.15) is 0 Å². The number of hydrogen-bond donors (Lipinski definition) is 1. The number of nitrogens with zero attached hydrogens (tertiary/aromatic N) is 1. The number of halogens is 1. The summed E-state index contributed by atoms with van der Waals surface area (Å²) >= 11 is 3.34. The largest absolute Gasteiger partial charge is 0.388 e. The summed E-state index contributed by atoms with van der Waals surface area (Å²) in [6.07, 6.45) is 5.18. The van der Waals surface area contributed by atoms with Crippen LogP contribution in [0.4, 0.5) is 0 Å². The highest BCUT2D eigenvalue weighted by Gasteiger charge is 2.15. The molecule has 0 bridgehead atoms. The van der Waals surface area contributed by atoms with Crippen molar-refractivity contribution in [3.8, 4) is 0 Å². The Bertz CT molecular complexity index is 290. The SMILES string of the molecule is CCCC(C)C(O)c1cncc(Br)c1. The molecular weight excluding hydrogens is 242 g/mol. The van der Waals surface area contributed by atoms with Crippen molar-refractivity contribution < 1.29 is 5.11 Å². The normalized spacial score (nSPS) is 15.1. The molecule has 1 aromatic rings. The Hall–Kier alpha value is -0.410. The van der Waals surface area contributed by atoms with E-state index in [2.05, 4.69) is 34.8 Å². The maximum atomic E-state index is 9.98. The first kappa shape index (κ1) is 11.7. The lowest BCUT2D eigenvalue weighted by molar-refractivity contribution is 0.112. The number of hydrogen-bond acceptors (Lipinski definition) is 2. The summed E-state index contributed by atoms with van der Waals surface area (Å²) in [5.74, 6) is 0.288. The summed E-state index contributed by atoms with van der Waals surface area (Å²) in [7, 11) is 0. The molecule has 0 radical (unpaired) electrons. The van der Waals surface area contributed by atoms with E-state index in [1.807, 2.05) is 6.07 Å². The second-order valence-electron chi connectivity index (χ2n) is 3.65. The molecular formula is C11H16BrNO. The van der Waals surface area contributed by atoms with E-state index in [0.717, 1.165) is 22.9 Å². The molecule has 0 saturated carbocycles. The monoisotopic (exact) mass is 257 g/mol. The molecule has 1 heterocycles. The van der Waals surface area contributed by atoms with E-state index in [4.69, 9.17) is 0 Å². The number of aliphatic hydroxyl groups is 1. The summed E-state index contributed by atoms with van der Waals surface area (Å²) in [5.41, 5.74) is 0.889. The summed E-state index contributed by atoms with van der Waals surface area (Å²) in [6, 6.07) is 1.92. The van der Waals surface area contributed by atoms with Crippen molar-refractivity contribution in [2.24, 2.45) is 5.92 Å². The van der Waals surface area contributed by atoms with Gasteiger partial charge < -0.3 is 5.11 Å². The van der Waals surface area contributed by atoms with E-state index in [1.54, 1.807) is 12.4 Å². The van der Waals surface area contributed by atoms with Gasteiger partial charge in [0.15, 0.2) is 0 Å². The predicted molar refractivity (Wildman–Crippen MR) is 61.0 cm³/mol. The predicted octanol–water partition coefficient (Wildman–Crippen LogP) is 3.31. The highest BCUT2D eigenvalue weighted by molar-refractivity contribution is 9.10. The van der Waals surface area contributed by atoms with Crippen LogP contribution in [0, 0.1) is 5.92 Å². The van der Waals surface area contributed by atoms with Crippen LogP contribution in [0.1, 0.15) is 38.4 Å². The van der Waals surface area contributed by atoms with Gasteiger partial charge in [-0.2, -0.15) is 0 Å². The molecule has 0 saturated heterocycles. The standard InChI is InChI=1S/C11H16BrNO/c1-3-4-8(2)11(14)9-5-10(12)7-13-6-9/h5-8,11,14H,3-4H2,1-2H3. The Morgan fingerprint density at radius 2 is 2.21 bits per heavy atom. The summed E-state index contributed by atoms with van der Waals surface area (Å²) in [5, 5.41) is 9.98. The van der Waals surface area contributed by atoms with E-state index < -0.39 is 6.10 Å². The van der Waals surface area contributed by atoms with Crippen molar-refractivity contribution >= 4 is 15.9 Å². The number of rotatable bonds is 4. The van der Waals surface area contributed by atoms with Crippen LogP contribution in [-0.2, 0) is 0 Å². The van der Waals surface area contributed by atoms with E-state index in [-0.39, 0.29) is 5.92 Å². The molecule has 2 atom stereocenters. The van der Waals surface area contributed by atoms with Crippen LogP contribution in [0.5, 0.6) is 0 Å². The first-order valence-electron chi connectivity index (χ1n) is 4.93. The fraction of sp³-hybridized carbons (Fsp3) is 0.545. The fourth-order valence-corrected chi connectivity index (χ4v) is 1.91. The van der Waals surface area contributed by atoms with Gasteiger partial charge in [-0.25, -0.2) is 0 Å². The number of aliphatic hydroxyl groups excluding tert-OH is 1. The summed E-state index contributed by atoms with van der Waals surface area (Å²) in [6.45, 7) is 4.19. The van der Waals surface area contributed by atoms with Gasteiger partial charge in [-0.3, -0.25) is 4.98 Å². The van der Waals surface area contributed by atoms with E-state index in [9.17, 15) is 5.11 Å². The minimum atomic E-state index is -0.403. The molecule has 0 amide bonds. The third-order valence-corrected chi connectivity index (χ3v) is 2.78. The summed E-state index contributed by atoms with van der Waals surface area (Å²) in [4.78, 5) is 4.04. The molecule has 2 unspecified atom stereocenters. The number of pyridine rings is 1. The molecule has 78 valence electrons. The minimum Gasteiger partial charge on any atom is -0.388 e. The average molecular weight is 258 g/mol. The lowest BCUT2D eigenvalue weighted by Crippen LogP contribution is -2.09. The van der Waals surface area contributed by atoms with Crippen LogP contribution < -0.4 is 0 Å². The second kappa shape index (κ2) is 5.47. The highest BCUT2D eigenvalue weighted by atomic mass is 79.9. The molecule has 0 fully saturated rings. The maximum Gasteiger partial charge on any atom is 0.0830 e. The molecule has 1 aromatic heterocycles. The molecule has 2 nitrogen and oxygen atoms in total. The van der Waals surface area contributed by atoms with Crippen LogP contribution in [-0.4, -0.2) is 10.1 Å². The lowest BCUT2D eigenvalue weighted by atomic mass is 9.95.